The van der Waals surface area contributed by atoms with Crippen molar-refractivity contribution in [2.75, 3.05) is 20.2 Å². The second-order valence-electron chi connectivity index (χ2n) is 7.78. The number of H-pyrrole nitrogens is 1. The van der Waals surface area contributed by atoms with E-state index in [1.807, 2.05) is 34.5 Å². The van der Waals surface area contributed by atoms with E-state index in [1.54, 1.807) is 18.4 Å². The van der Waals surface area contributed by atoms with Gasteiger partial charge in [-0.05, 0) is 54.0 Å². The SMILES string of the molecule is COc1ccc2[nH]cc(C3CCN(C(=O)CC(NC(C)=O)c4cccs4)CC3)c2c1. The first kappa shape index (κ1) is 20.5. The summed E-state index contributed by atoms with van der Waals surface area (Å²) in [7, 11) is 1.68. The summed E-state index contributed by atoms with van der Waals surface area (Å²) in [6.45, 7) is 2.96. The number of aromatic amines is 1. The van der Waals surface area contributed by atoms with E-state index >= 15 is 0 Å². The van der Waals surface area contributed by atoms with E-state index in [9.17, 15) is 9.59 Å². The zero-order chi connectivity index (χ0) is 21.1. The molecule has 0 saturated carbocycles. The number of nitrogens with zero attached hydrogens (tertiary/aromatic N) is 1. The van der Waals surface area contributed by atoms with Crippen LogP contribution in [-0.4, -0.2) is 41.9 Å². The highest BCUT2D eigenvalue weighted by Crippen LogP contribution is 2.35. The van der Waals surface area contributed by atoms with E-state index in [-0.39, 0.29) is 17.9 Å². The molecule has 0 radical (unpaired) electrons. The van der Waals surface area contributed by atoms with Crippen molar-refractivity contribution >= 4 is 34.1 Å². The lowest BCUT2D eigenvalue weighted by molar-refractivity contribution is -0.133. The Hall–Kier alpha value is -2.80. The maximum Gasteiger partial charge on any atom is 0.225 e. The molecule has 1 saturated heterocycles. The number of amides is 2. The number of carbonyl (C=O) groups is 2. The first-order valence-electron chi connectivity index (χ1n) is 10.3. The summed E-state index contributed by atoms with van der Waals surface area (Å²) in [6, 6.07) is 9.75. The quantitative estimate of drug-likeness (QED) is 0.621. The molecule has 1 unspecified atom stereocenters. The van der Waals surface area contributed by atoms with Crippen molar-refractivity contribution in [2.45, 2.75) is 38.1 Å². The molecule has 3 aromatic rings. The van der Waals surface area contributed by atoms with Gasteiger partial charge in [-0.1, -0.05) is 6.07 Å². The van der Waals surface area contributed by atoms with Crippen molar-refractivity contribution < 1.29 is 14.3 Å². The monoisotopic (exact) mass is 425 g/mol. The lowest BCUT2D eigenvalue weighted by atomic mass is 9.89. The second kappa shape index (κ2) is 8.92. The van der Waals surface area contributed by atoms with Crippen molar-refractivity contribution in [1.29, 1.82) is 0 Å². The molecule has 4 rings (SSSR count). The van der Waals surface area contributed by atoms with Gasteiger partial charge in [-0.15, -0.1) is 11.3 Å². The van der Waals surface area contributed by atoms with Crippen LogP contribution in [0.4, 0.5) is 0 Å². The van der Waals surface area contributed by atoms with Gasteiger partial charge in [0.1, 0.15) is 5.75 Å². The Bertz CT molecular complexity index is 1020. The number of piperidine rings is 1. The normalized spacial score (nSPS) is 15.9. The summed E-state index contributed by atoms with van der Waals surface area (Å²) < 4.78 is 5.38. The molecule has 1 aliphatic heterocycles. The van der Waals surface area contributed by atoms with E-state index in [1.165, 1.54) is 17.9 Å². The van der Waals surface area contributed by atoms with Gasteiger partial charge in [-0.25, -0.2) is 0 Å². The van der Waals surface area contributed by atoms with E-state index in [4.69, 9.17) is 4.74 Å². The number of hydrogen-bond acceptors (Lipinski definition) is 4. The molecule has 1 atom stereocenters. The van der Waals surface area contributed by atoms with Gasteiger partial charge in [0, 0.05) is 42.0 Å². The third-order valence-corrected chi connectivity index (χ3v) is 6.84. The molecule has 1 aliphatic rings. The molecule has 1 fully saturated rings. The van der Waals surface area contributed by atoms with Gasteiger partial charge in [0.25, 0.3) is 0 Å². The zero-order valence-corrected chi connectivity index (χ0v) is 18.1. The maximum absolute atomic E-state index is 12.9. The van der Waals surface area contributed by atoms with Crippen molar-refractivity contribution in [2.24, 2.45) is 0 Å². The second-order valence-corrected chi connectivity index (χ2v) is 8.76. The van der Waals surface area contributed by atoms with E-state index in [2.05, 4.69) is 22.6 Å². The van der Waals surface area contributed by atoms with Crippen LogP contribution in [-0.2, 0) is 9.59 Å². The number of rotatable bonds is 6. The van der Waals surface area contributed by atoms with Gasteiger partial charge in [-0.3, -0.25) is 9.59 Å². The number of benzene rings is 1. The van der Waals surface area contributed by atoms with Gasteiger partial charge in [0.2, 0.25) is 11.8 Å². The Kier molecular flexibility index (Phi) is 6.08. The summed E-state index contributed by atoms with van der Waals surface area (Å²) in [5.74, 6) is 1.25. The average molecular weight is 426 g/mol. The summed E-state index contributed by atoms with van der Waals surface area (Å²) in [5.41, 5.74) is 2.41. The molecule has 0 bridgehead atoms. The highest BCUT2D eigenvalue weighted by atomic mass is 32.1. The van der Waals surface area contributed by atoms with Crippen molar-refractivity contribution in [3.63, 3.8) is 0 Å². The topological polar surface area (TPSA) is 74.4 Å². The van der Waals surface area contributed by atoms with Crippen LogP contribution >= 0.6 is 11.3 Å². The van der Waals surface area contributed by atoms with Crippen LogP contribution < -0.4 is 10.1 Å². The van der Waals surface area contributed by atoms with Crippen LogP contribution in [0.1, 0.15) is 48.6 Å². The third-order valence-electron chi connectivity index (χ3n) is 5.85. The van der Waals surface area contributed by atoms with Gasteiger partial charge >= 0.3 is 0 Å². The molecule has 2 N–H and O–H groups in total. The minimum Gasteiger partial charge on any atom is -0.497 e. The first-order chi connectivity index (χ1) is 14.5. The average Bonchev–Trinajstić information content (AvgIpc) is 3.42. The van der Waals surface area contributed by atoms with Crippen LogP contribution in [0.5, 0.6) is 5.75 Å². The van der Waals surface area contributed by atoms with Crippen LogP contribution in [0.2, 0.25) is 0 Å². The molecule has 0 aliphatic carbocycles. The predicted octanol–water partition coefficient (Wildman–Crippen LogP) is 4.21. The number of fused-ring (bicyclic) bond motifs is 1. The van der Waals surface area contributed by atoms with Gasteiger partial charge in [0.05, 0.1) is 19.6 Å². The molecule has 6 nitrogen and oxygen atoms in total. The van der Waals surface area contributed by atoms with Crippen LogP contribution in [0.25, 0.3) is 10.9 Å². The minimum absolute atomic E-state index is 0.0983. The molecule has 1 aromatic carbocycles. The van der Waals surface area contributed by atoms with Crippen LogP contribution in [0, 0.1) is 0 Å². The summed E-state index contributed by atoms with van der Waals surface area (Å²) in [6.07, 6.45) is 4.25. The smallest absolute Gasteiger partial charge is 0.225 e. The van der Waals surface area contributed by atoms with Crippen molar-refractivity contribution in [3.05, 3.63) is 52.3 Å². The fourth-order valence-electron chi connectivity index (χ4n) is 4.29. The van der Waals surface area contributed by atoms with E-state index < -0.39 is 0 Å². The summed E-state index contributed by atoms with van der Waals surface area (Å²) >= 11 is 1.57. The fourth-order valence-corrected chi connectivity index (χ4v) is 5.07. The number of thiophene rings is 1. The molecular formula is C23H27N3O3S. The molecule has 3 heterocycles. The highest BCUT2D eigenvalue weighted by Gasteiger charge is 2.28. The summed E-state index contributed by atoms with van der Waals surface area (Å²) in [4.78, 5) is 30.8. The Labute approximate surface area is 180 Å². The molecular weight excluding hydrogens is 398 g/mol. The van der Waals surface area contributed by atoms with E-state index in [0.717, 1.165) is 42.1 Å². The molecule has 0 spiro atoms. The lowest BCUT2D eigenvalue weighted by Gasteiger charge is -2.33. The van der Waals surface area contributed by atoms with Gasteiger partial charge < -0.3 is 19.9 Å². The first-order valence-corrected chi connectivity index (χ1v) is 11.2. The Morgan fingerprint density at radius 1 is 1.30 bits per heavy atom. The van der Waals surface area contributed by atoms with Gasteiger partial charge in [-0.2, -0.15) is 0 Å². The fraction of sp³-hybridized carbons (Fsp3) is 0.391. The Morgan fingerprint density at radius 2 is 2.10 bits per heavy atom. The van der Waals surface area contributed by atoms with Crippen LogP contribution in [0.15, 0.2) is 41.9 Å². The van der Waals surface area contributed by atoms with Crippen molar-refractivity contribution in [1.82, 2.24) is 15.2 Å². The zero-order valence-electron chi connectivity index (χ0n) is 17.3. The number of aromatic nitrogens is 1. The number of ether oxygens (including phenoxy) is 1. The van der Waals surface area contributed by atoms with Crippen molar-refractivity contribution in [3.8, 4) is 5.75 Å². The molecule has 158 valence electrons. The van der Waals surface area contributed by atoms with Gasteiger partial charge in [0.15, 0.2) is 0 Å². The van der Waals surface area contributed by atoms with Crippen LogP contribution in [0.3, 0.4) is 0 Å². The molecule has 7 heteroatoms. The molecule has 30 heavy (non-hydrogen) atoms. The number of hydrogen-bond donors (Lipinski definition) is 2. The number of likely N-dealkylation sites (tertiary alicyclic amines) is 1. The Balaban J connectivity index is 1.40. The minimum atomic E-state index is -0.256. The molecule has 2 amide bonds. The lowest BCUT2D eigenvalue weighted by Crippen LogP contribution is -2.40. The third kappa shape index (κ3) is 4.36. The predicted molar refractivity (Wildman–Crippen MR) is 119 cm³/mol. The van der Waals surface area contributed by atoms with E-state index in [0.29, 0.717) is 12.3 Å². The maximum atomic E-state index is 12.9. The highest BCUT2D eigenvalue weighted by molar-refractivity contribution is 7.10. The number of carbonyl (C=O) groups excluding carboxylic acids is 2. The molecule has 2 aromatic heterocycles. The standard InChI is InChI=1S/C23H27N3O3S/c1-15(27)25-21(22-4-3-11-30-22)13-23(28)26-9-7-16(8-10-26)19-14-24-20-6-5-17(29-2)12-18(19)20/h3-6,11-12,14,16,21,24H,7-10,13H2,1-2H3,(H,25,27). The number of methoxy groups -OCH3 is 1. The largest absolute Gasteiger partial charge is 0.497 e. The Morgan fingerprint density at radius 3 is 2.77 bits per heavy atom. The summed E-state index contributed by atoms with van der Waals surface area (Å²) in [5, 5.41) is 6.09. The number of nitrogens with one attached hydrogen (secondary N) is 2.